The topological polar surface area (TPSA) is 43.7 Å². The minimum absolute atomic E-state index is 0.0125. The molecule has 1 saturated heterocycles. The maximum Gasteiger partial charge on any atom is 0.151 e. The predicted molar refractivity (Wildman–Crippen MR) is 94.7 cm³/mol. The Morgan fingerprint density at radius 2 is 1.83 bits per heavy atom. The Morgan fingerprint density at radius 1 is 1.26 bits per heavy atom. The fourth-order valence-electron chi connectivity index (χ4n) is 4.29. The Hall–Kier alpha value is -0.0100. The van der Waals surface area contributed by atoms with Gasteiger partial charge in [0.1, 0.15) is 5.60 Å². The zero-order valence-corrected chi connectivity index (χ0v) is 16.7. The van der Waals surface area contributed by atoms with Crippen LogP contribution in [-0.2, 0) is 5.60 Å². The smallest absolute Gasteiger partial charge is 0.151 e. The van der Waals surface area contributed by atoms with Gasteiger partial charge < -0.3 is 15.1 Å². The predicted octanol–water partition coefficient (Wildman–Crippen LogP) is 3.95. The molecule has 0 unspecified atom stereocenters. The Bertz CT molecular complexity index is 644. The van der Waals surface area contributed by atoms with Crippen LogP contribution in [0.15, 0.2) is 15.0 Å². The molecule has 2 N–H and O–H groups in total. The number of benzene rings is 1. The lowest BCUT2D eigenvalue weighted by atomic mass is 9.64. The number of hydrogen-bond acceptors (Lipinski definition) is 3. The molecule has 1 aliphatic heterocycles. The van der Waals surface area contributed by atoms with Gasteiger partial charge in [-0.05, 0) is 82.4 Å². The fraction of sp³-hybridized carbons (Fsp3) is 0.647. The standard InChI is InChI=1S/C17H22Br2FNO2/c1-16(2)15(22)10-8-11(18)14(20)13(19)12(10)17(16,23)9-4-6-21(3)7-5-9/h8-9,15,22-23H,4-7H2,1-3H3/t15-,17-/m0/s1. The summed E-state index contributed by atoms with van der Waals surface area (Å²) in [6.07, 6.45) is 0.815. The summed E-state index contributed by atoms with van der Waals surface area (Å²) in [6.45, 7) is 5.53. The molecule has 1 heterocycles. The van der Waals surface area contributed by atoms with Crippen LogP contribution in [0.3, 0.4) is 0 Å². The lowest BCUT2D eigenvalue weighted by molar-refractivity contribution is -0.158. The van der Waals surface area contributed by atoms with Crippen LogP contribution in [-0.4, -0.2) is 35.3 Å². The van der Waals surface area contributed by atoms with Crippen molar-refractivity contribution in [3.8, 4) is 0 Å². The number of likely N-dealkylation sites (tertiary alicyclic amines) is 1. The number of aliphatic hydroxyl groups excluding tert-OH is 1. The van der Waals surface area contributed by atoms with Gasteiger partial charge in [-0.2, -0.15) is 0 Å². The zero-order valence-electron chi connectivity index (χ0n) is 13.5. The van der Waals surface area contributed by atoms with Gasteiger partial charge in [-0.25, -0.2) is 4.39 Å². The number of nitrogens with zero attached hydrogens (tertiary/aromatic N) is 1. The average molecular weight is 451 g/mol. The molecule has 3 rings (SSSR count). The molecule has 1 fully saturated rings. The Kier molecular flexibility index (Phi) is 4.46. The summed E-state index contributed by atoms with van der Waals surface area (Å²) >= 11 is 6.53. The number of hydrogen-bond donors (Lipinski definition) is 2. The number of rotatable bonds is 1. The maximum absolute atomic E-state index is 14.4. The third-order valence-electron chi connectivity index (χ3n) is 5.84. The molecule has 0 amide bonds. The van der Waals surface area contributed by atoms with Crippen LogP contribution in [0.2, 0.25) is 0 Å². The summed E-state index contributed by atoms with van der Waals surface area (Å²) in [6, 6.07) is 1.61. The molecule has 3 nitrogen and oxygen atoms in total. The molecular formula is C17H22Br2FNO2. The van der Waals surface area contributed by atoms with E-state index in [1.54, 1.807) is 6.07 Å². The second-order valence-corrected chi connectivity index (χ2v) is 9.07. The Balaban J connectivity index is 2.20. The molecule has 0 bridgehead atoms. The third-order valence-corrected chi connectivity index (χ3v) is 7.17. The van der Waals surface area contributed by atoms with E-state index in [0.717, 1.165) is 25.9 Å². The molecule has 128 valence electrons. The molecule has 0 spiro atoms. The molecule has 2 aliphatic rings. The van der Waals surface area contributed by atoms with E-state index in [1.165, 1.54) is 0 Å². The highest BCUT2D eigenvalue weighted by Gasteiger charge is 2.61. The lowest BCUT2D eigenvalue weighted by Gasteiger charge is -2.47. The van der Waals surface area contributed by atoms with Crippen molar-refractivity contribution in [3.05, 3.63) is 32.0 Å². The summed E-state index contributed by atoms with van der Waals surface area (Å²) in [4.78, 5) is 2.23. The number of piperidine rings is 1. The fourth-order valence-corrected chi connectivity index (χ4v) is 5.75. The van der Waals surface area contributed by atoms with E-state index in [-0.39, 0.29) is 10.4 Å². The first kappa shape index (κ1) is 17.8. The van der Waals surface area contributed by atoms with Crippen LogP contribution in [0.4, 0.5) is 4.39 Å². The second-order valence-electron chi connectivity index (χ2n) is 7.42. The molecule has 0 saturated carbocycles. The molecule has 1 aliphatic carbocycles. The van der Waals surface area contributed by atoms with Crippen molar-refractivity contribution >= 4 is 31.9 Å². The first-order valence-corrected chi connectivity index (χ1v) is 9.47. The molecule has 0 radical (unpaired) electrons. The van der Waals surface area contributed by atoms with Gasteiger partial charge in [0.05, 0.1) is 15.0 Å². The normalized spacial score (nSPS) is 31.4. The lowest BCUT2D eigenvalue weighted by Crippen LogP contribution is -2.50. The van der Waals surface area contributed by atoms with Crippen LogP contribution in [0.1, 0.15) is 43.9 Å². The number of halogens is 3. The van der Waals surface area contributed by atoms with E-state index in [9.17, 15) is 14.6 Å². The van der Waals surface area contributed by atoms with Gasteiger partial charge in [-0.15, -0.1) is 0 Å². The van der Waals surface area contributed by atoms with E-state index in [2.05, 4.69) is 43.8 Å². The van der Waals surface area contributed by atoms with Crippen molar-refractivity contribution < 1.29 is 14.6 Å². The molecule has 1 aromatic rings. The van der Waals surface area contributed by atoms with E-state index < -0.39 is 22.9 Å². The quantitative estimate of drug-likeness (QED) is 0.636. The highest BCUT2D eigenvalue weighted by atomic mass is 79.9. The first-order valence-electron chi connectivity index (χ1n) is 7.89. The number of aliphatic hydroxyl groups is 2. The number of fused-ring (bicyclic) bond motifs is 1. The minimum atomic E-state index is -1.26. The molecule has 23 heavy (non-hydrogen) atoms. The van der Waals surface area contributed by atoms with Crippen molar-refractivity contribution in [2.24, 2.45) is 11.3 Å². The van der Waals surface area contributed by atoms with E-state index in [0.29, 0.717) is 15.6 Å². The zero-order chi connectivity index (χ0) is 17.2. The van der Waals surface area contributed by atoms with E-state index >= 15 is 0 Å². The molecule has 2 atom stereocenters. The van der Waals surface area contributed by atoms with Gasteiger partial charge in [0.2, 0.25) is 0 Å². The van der Waals surface area contributed by atoms with Gasteiger partial charge >= 0.3 is 0 Å². The van der Waals surface area contributed by atoms with Crippen LogP contribution >= 0.6 is 31.9 Å². The van der Waals surface area contributed by atoms with Gasteiger partial charge in [-0.3, -0.25) is 0 Å². The van der Waals surface area contributed by atoms with Gasteiger partial charge in [0.25, 0.3) is 0 Å². The summed E-state index contributed by atoms with van der Waals surface area (Å²) < 4.78 is 15.0. The van der Waals surface area contributed by atoms with Gasteiger partial charge in [0.15, 0.2) is 5.82 Å². The Labute approximate surface area is 153 Å². The maximum atomic E-state index is 14.4. The summed E-state index contributed by atoms with van der Waals surface area (Å²) in [5, 5.41) is 22.6. The molecule has 1 aromatic carbocycles. The highest BCUT2D eigenvalue weighted by molar-refractivity contribution is 9.11. The summed E-state index contributed by atoms with van der Waals surface area (Å²) in [7, 11) is 2.07. The summed E-state index contributed by atoms with van der Waals surface area (Å²) in [5.74, 6) is -0.443. The van der Waals surface area contributed by atoms with E-state index in [1.807, 2.05) is 13.8 Å². The molecule has 6 heteroatoms. The third kappa shape index (κ3) is 2.36. The van der Waals surface area contributed by atoms with Gasteiger partial charge in [0, 0.05) is 11.0 Å². The monoisotopic (exact) mass is 449 g/mol. The van der Waals surface area contributed by atoms with Crippen LogP contribution in [0.5, 0.6) is 0 Å². The largest absolute Gasteiger partial charge is 0.388 e. The van der Waals surface area contributed by atoms with Crippen LogP contribution in [0, 0.1) is 17.2 Å². The molecule has 0 aromatic heterocycles. The Morgan fingerprint density at radius 3 is 2.39 bits per heavy atom. The van der Waals surface area contributed by atoms with Crippen molar-refractivity contribution in [2.75, 3.05) is 20.1 Å². The SMILES string of the molecule is CN1CCC([C@]2(O)c3c(cc(Br)c(F)c3Br)[C@H](O)C2(C)C)CC1. The average Bonchev–Trinajstić information content (AvgIpc) is 2.65. The second kappa shape index (κ2) is 5.77. The minimum Gasteiger partial charge on any atom is -0.388 e. The van der Waals surface area contributed by atoms with Crippen molar-refractivity contribution in [3.63, 3.8) is 0 Å². The van der Waals surface area contributed by atoms with Crippen molar-refractivity contribution in [2.45, 2.75) is 38.4 Å². The van der Waals surface area contributed by atoms with Crippen molar-refractivity contribution in [1.82, 2.24) is 4.90 Å². The first-order chi connectivity index (χ1) is 10.6. The summed E-state index contributed by atoms with van der Waals surface area (Å²) in [5.41, 5.74) is -0.920. The van der Waals surface area contributed by atoms with E-state index in [4.69, 9.17) is 0 Å². The van der Waals surface area contributed by atoms with Crippen molar-refractivity contribution in [1.29, 1.82) is 0 Å². The highest BCUT2D eigenvalue weighted by Crippen LogP contribution is 2.63. The van der Waals surface area contributed by atoms with Crippen LogP contribution < -0.4 is 0 Å². The molecular weight excluding hydrogens is 429 g/mol. The van der Waals surface area contributed by atoms with Crippen LogP contribution in [0.25, 0.3) is 0 Å². The van der Waals surface area contributed by atoms with Gasteiger partial charge in [-0.1, -0.05) is 13.8 Å².